The van der Waals surface area contributed by atoms with Crippen LogP contribution >= 0.6 is 0 Å². The van der Waals surface area contributed by atoms with Crippen LogP contribution in [-0.2, 0) is 0 Å². The van der Waals surface area contributed by atoms with E-state index < -0.39 is 0 Å². The highest BCUT2D eigenvalue weighted by atomic mass is 16.3. The summed E-state index contributed by atoms with van der Waals surface area (Å²) in [5.74, 6) is 1.54. The number of nitrogens with zero attached hydrogens (tertiary/aromatic N) is 1. The van der Waals surface area contributed by atoms with Crippen LogP contribution in [-0.4, -0.2) is 0 Å². The van der Waals surface area contributed by atoms with Gasteiger partial charge in [0.25, 0.3) is 0 Å². The molecule has 52 heavy (non-hydrogen) atoms. The fourth-order valence-electron chi connectivity index (χ4n) is 8.04. The first kappa shape index (κ1) is 30.2. The third kappa shape index (κ3) is 5.28. The second-order valence-corrected chi connectivity index (χ2v) is 13.7. The van der Waals surface area contributed by atoms with Crippen LogP contribution in [0.15, 0.2) is 192 Å². The monoisotopic (exact) mass is 665 g/mol. The highest BCUT2D eigenvalue weighted by molar-refractivity contribution is 5.90. The summed E-state index contributed by atoms with van der Waals surface area (Å²) < 4.78 is 6.51. The average molecular weight is 666 g/mol. The van der Waals surface area contributed by atoms with Crippen molar-refractivity contribution >= 4 is 40.2 Å². The second kappa shape index (κ2) is 12.6. The van der Waals surface area contributed by atoms with Crippen molar-refractivity contribution in [2.24, 2.45) is 5.92 Å². The fourth-order valence-corrected chi connectivity index (χ4v) is 8.04. The molecule has 0 spiro atoms. The summed E-state index contributed by atoms with van der Waals surface area (Å²) in [5, 5.41) is 1.19. The van der Waals surface area contributed by atoms with Gasteiger partial charge in [-0.05, 0) is 93.0 Å². The molecule has 0 amide bonds. The van der Waals surface area contributed by atoms with Gasteiger partial charge >= 0.3 is 0 Å². The number of fused-ring (bicyclic) bond motifs is 7. The highest BCUT2D eigenvalue weighted by Gasteiger charge is 2.34. The Labute approximate surface area is 304 Å². The Morgan fingerprint density at radius 2 is 0.981 bits per heavy atom. The molecule has 2 heteroatoms. The lowest BCUT2D eigenvalue weighted by Crippen LogP contribution is -2.17. The fraction of sp³-hybridized carbons (Fsp3) is 0.0400. The predicted octanol–water partition coefficient (Wildman–Crippen LogP) is 13.7. The summed E-state index contributed by atoms with van der Waals surface area (Å²) in [6.07, 6.45) is 9.19. The van der Waals surface area contributed by atoms with Crippen LogP contribution in [0.2, 0.25) is 0 Å². The van der Waals surface area contributed by atoms with Gasteiger partial charge in [0, 0.05) is 33.9 Å². The molecule has 2 atom stereocenters. The van der Waals surface area contributed by atoms with Crippen LogP contribution < -0.4 is 4.90 Å². The van der Waals surface area contributed by atoms with E-state index in [1.807, 2.05) is 6.07 Å². The average Bonchev–Trinajstić information content (AvgIpc) is 3.61. The van der Waals surface area contributed by atoms with E-state index in [-0.39, 0.29) is 5.92 Å². The molecule has 2 aliphatic rings. The standard InChI is InChI=1S/C50H35NO/c1-3-10-34(11-4-1)36-20-26-42(27-21-36)51(44-15-9-14-39(33-44)35-12-5-2-6-13-35)43-28-22-37(23-29-43)40-25-30-45-41(32-40)19-18-38-24-31-47-46-16-7-8-17-48(46)52-50(47)49(38)45/h1-33,38,49H. The van der Waals surface area contributed by atoms with Crippen LogP contribution in [0.1, 0.15) is 28.4 Å². The molecular weight excluding hydrogens is 631 g/mol. The number of rotatable bonds is 6. The Balaban J connectivity index is 1.00. The summed E-state index contributed by atoms with van der Waals surface area (Å²) in [7, 11) is 0. The summed E-state index contributed by atoms with van der Waals surface area (Å²) in [4.78, 5) is 2.35. The van der Waals surface area contributed by atoms with Crippen molar-refractivity contribution in [3.05, 3.63) is 211 Å². The lowest BCUT2D eigenvalue weighted by molar-refractivity contribution is 0.485. The zero-order valence-electron chi connectivity index (χ0n) is 28.6. The van der Waals surface area contributed by atoms with E-state index in [1.165, 1.54) is 55.5 Å². The largest absolute Gasteiger partial charge is 0.460 e. The molecule has 2 unspecified atom stereocenters. The van der Waals surface area contributed by atoms with Crippen molar-refractivity contribution in [3.63, 3.8) is 0 Å². The molecule has 8 aromatic rings. The zero-order chi connectivity index (χ0) is 34.4. The first-order valence-electron chi connectivity index (χ1n) is 18.0. The van der Waals surface area contributed by atoms with Gasteiger partial charge in [-0.15, -0.1) is 0 Å². The van der Waals surface area contributed by atoms with E-state index in [4.69, 9.17) is 4.42 Å². The smallest absolute Gasteiger partial charge is 0.134 e. The minimum Gasteiger partial charge on any atom is -0.460 e. The van der Waals surface area contributed by atoms with Crippen molar-refractivity contribution < 1.29 is 4.42 Å². The second-order valence-electron chi connectivity index (χ2n) is 13.7. The number of allylic oxidation sites excluding steroid dienone is 2. The van der Waals surface area contributed by atoms with Gasteiger partial charge in [0.05, 0.1) is 5.92 Å². The first-order chi connectivity index (χ1) is 25.8. The SMILES string of the molecule is C1=CC2C=Cc3c(oc4ccccc34)C2c2ccc(-c3ccc(N(c4ccc(-c5ccccc5)cc4)c4cccc(-c5ccccc5)c4)cc3)cc21. The Bertz CT molecular complexity index is 2610. The Morgan fingerprint density at radius 1 is 0.423 bits per heavy atom. The molecule has 0 fully saturated rings. The van der Waals surface area contributed by atoms with Crippen molar-refractivity contribution in [1.29, 1.82) is 0 Å². The molecule has 2 aliphatic carbocycles. The van der Waals surface area contributed by atoms with Gasteiger partial charge in [0.1, 0.15) is 11.3 Å². The van der Waals surface area contributed by atoms with Crippen molar-refractivity contribution in [2.75, 3.05) is 4.90 Å². The van der Waals surface area contributed by atoms with Gasteiger partial charge in [-0.3, -0.25) is 0 Å². The van der Waals surface area contributed by atoms with Crippen molar-refractivity contribution in [2.45, 2.75) is 5.92 Å². The molecule has 7 aromatic carbocycles. The summed E-state index contributed by atoms with van der Waals surface area (Å²) in [6, 6.07) is 63.1. The summed E-state index contributed by atoms with van der Waals surface area (Å²) in [6.45, 7) is 0. The van der Waals surface area contributed by atoms with Gasteiger partial charge in [-0.25, -0.2) is 0 Å². The molecule has 0 bridgehead atoms. The maximum Gasteiger partial charge on any atom is 0.134 e. The first-order valence-corrected chi connectivity index (χ1v) is 18.0. The molecular formula is C50H35NO. The quantitative estimate of drug-likeness (QED) is 0.176. The topological polar surface area (TPSA) is 16.4 Å². The summed E-state index contributed by atoms with van der Waals surface area (Å²) in [5.41, 5.74) is 15.3. The van der Waals surface area contributed by atoms with E-state index >= 15 is 0 Å². The lowest BCUT2D eigenvalue weighted by Gasteiger charge is -2.30. The third-order valence-electron chi connectivity index (χ3n) is 10.6. The Morgan fingerprint density at radius 3 is 1.71 bits per heavy atom. The van der Waals surface area contributed by atoms with Gasteiger partial charge in [-0.1, -0.05) is 152 Å². The van der Waals surface area contributed by atoms with Gasteiger partial charge in [0.15, 0.2) is 0 Å². The molecule has 0 saturated carbocycles. The summed E-state index contributed by atoms with van der Waals surface area (Å²) >= 11 is 0. The van der Waals surface area contributed by atoms with E-state index in [2.05, 4.69) is 199 Å². The van der Waals surface area contributed by atoms with E-state index in [0.717, 1.165) is 28.4 Å². The Kier molecular flexibility index (Phi) is 7.32. The van der Waals surface area contributed by atoms with Crippen molar-refractivity contribution in [1.82, 2.24) is 0 Å². The van der Waals surface area contributed by atoms with Gasteiger partial charge in [-0.2, -0.15) is 0 Å². The van der Waals surface area contributed by atoms with E-state index in [9.17, 15) is 0 Å². The maximum atomic E-state index is 6.51. The van der Waals surface area contributed by atoms with Crippen LogP contribution in [0.25, 0.3) is 56.5 Å². The Hall–Kier alpha value is -6.64. The molecule has 2 nitrogen and oxygen atoms in total. The number of para-hydroxylation sites is 1. The third-order valence-corrected chi connectivity index (χ3v) is 10.6. The number of furan rings is 1. The molecule has 0 aliphatic heterocycles. The number of anilines is 3. The highest BCUT2D eigenvalue weighted by Crippen LogP contribution is 2.48. The minimum atomic E-state index is 0.178. The van der Waals surface area contributed by atoms with Crippen LogP contribution in [0.5, 0.6) is 0 Å². The maximum absolute atomic E-state index is 6.51. The zero-order valence-corrected chi connectivity index (χ0v) is 28.6. The molecule has 0 saturated heterocycles. The van der Waals surface area contributed by atoms with Gasteiger partial charge in [0.2, 0.25) is 0 Å². The molecule has 1 aromatic heterocycles. The lowest BCUT2D eigenvalue weighted by atomic mass is 9.73. The molecule has 1 heterocycles. The molecule has 10 rings (SSSR count). The predicted molar refractivity (Wildman–Crippen MR) is 217 cm³/mol. The molecule has 0 radical (unpaired) electrons. The molecule has 246 valence electrons. The number of hydrogen-bond donors (Lipinski definition) is 0. The van der Waals surface area contributed by atoms with Crippen LogP contribution in [0.4, 0.5) is 17.1 Å². The minimum absolute atomic E-state index is 0.178. The van der Waals surface area contributed by atoms with Crippen LogP contribution in [0, 0.1) is 5.92 Å². The van der Waals surface area contributed by atoms with Crippen molar-refractivity contribution in [3.8, 4) is 33.4 Å². The van der Waals surface area contributed by atoms with E-state index in [1.54, 1.807) is 0 Å². The normalized spacial score (nSPS) is 15.5. The number of hydrogen-bond acceptors (Lipinski definition) is 2. The van der Waals surface area contributed by atoms with Crippen LogP contribution in [0.3, 0.4) is 0 Å². The van der Waals surface area contributed by atoms with Gasteiger partial charge < -0.3 is 9.32 Å². The molecule has 0 N–H and O–H groups in total. The van der Waals surface area contributed by atoms with E-state index in [0.29, 0.717) is 5.92 Å². The number of benzene rings is 7.